The molecule has 0 radical (unpaired) electrons. The third-order valence-electron chi connectivity index (χ3n) is 5.30. The molecule has 0 aromatic heterocycles. The largest absolute Gasteiger partial charge is 0.197 e. The molecule has 3 atom stereocenters. The first-order chi connectivity index (χ1) is 9.32. The van der Waals surface area contributed by atoms with Crippen molar-refractivity contribution in [2.75, 3.05) is 0 Å². The standard InChI is InChI=1S/C17H14N2/c18-9-12-8-7-11-3-1-5-14-13-4-2-6-15(13)17(12,10-19)16(11)14/h1,3,5,8,13,15H,2,4,6-7H2/t13-,15-,17-/m1/s1. The summed E-state index contributed by atoms with van der Waals surface area (Å²) in [5.74, 6) is 0.810. The van der Waals surface area contributed by atoms with Crippen molar-refractivity contribution < 1.29 is 0 Å². The lowest BCUT2D eigenvalue weighted by Gasteiger charge is -2.32. The topological polar surface area (TPSA) is 47.6 Å². The minimum absolute atomic E-state index is 0.319. The van der Waals surface area contributed by atoms with Crippen molar-refractivity contribution in [3.05, 3.63) is 46.5 Å². The average Bonchev–Trinajstić information content (AvgIpc) is 3.03. The summed E-state index contributed by atoms with van der Waals surface area (Å²) in [6, 6.07) is 11.3. The Balaban J connectivity index is 2.10. The number of nitriles is 2. The van der Waals surface area contributed by atoms with E-state index in [2.05, 4.69) is 30.3 Å². The predicted molar refractivity (Wildman–Crippen MR) is 71.2 cm³/mol. The van der Waals surface area contributed by atoms with Crippen LogP contribution in [0.5, 0.6) is 0 Å². The van der Waals surface area contributed by atoms with Crippen LogP contribution in [0.25, 0.3) is 0 Å². The highest BCUT2D eigenvalue weighted by atomic mass is 14.6. The summed E-state index contributed by atoms with van der Waals surface area (Å²) in [6.07, 6.45) is 6.21. The zero-order valence-corrected chi connectivity index (χ0v) is 10.7. The number of benzene rings is 1. The predicted octanol–water partition coefficient (Wildman–Crippen LogP) is 3.35. The molecule has 3 aliphatic carbocycles. The van der Waals surface area contributed by atoms with Crippen LogP contribution in [0, 0.1) is 28.6 Å². The lowest BCUT2D eigenvalue weighted by Crippen LogP contribution is -2.34. The van der Waals surface area contributed by atoms with Gasteiger partial charge in [0.2, 0.25) is 0 Å². The molecule has 0 spiro atoms. The van der Waals surface area contributed by atoms with Gasteiger partial charge in [-0.15, -0.1) is 0 Å². The van der Waals surface area contributed by atoms with Gasteiger partial charge in [-0.25, -0.2) is 0 Å². The molecule has 0 bridgehead atoms. The number of fused-ring (bicyclic) bond motifs is 3. The SMILES string of the molecule is N#CC1=CCc2cccc3c2[C@@]1(C#N)[C@@H]1CCC[C@H]31. The molecule has 1 saturated carbocycles. The normalized spacial score (nSPS) is 33.9. The molecule has 3 aliphatic rings. The Morgan fingerprint density at radius 1 is 1.21 bits per heavy atom. The summed E-state index contributed by atoms with van der Waals surface area (Å²) in [4.78, 5) is 0. The fourth-order valence-electron chi connectivity index (χ4n) is 4.66. The highest BCUT2D eigenvalue weighted by molar-refractivity contribution is 5.64. The second kappa shape index (κ2) is 3.49. The van der Waals surface area contributed by atoms with Crippen molar-refractivity contribution in [2.24, 2.45) is 5.92 Å². The first-order valence-corrected chi connectivity index (χ1v) is 6.97. The van der Waals surface area contributed by atoms with Gasteiger partial charge < -0.3 is 0 Å². The van der Waals surface area contributed by atoms with Crippen molar-refractivity contribution in [1.82, 2.24) is 0 Å². The maximum Gasteiger partial charge on any atom is 0.121 e. The van der Waals surface area contributed by atoms with E-state index in [4.69, 9.17) is 0 Å². The number of nitrogens with zero attached hydrogens (tertiary/aromatic N) is 2. The van der Waals surface area contributed by atoms with E-state index in [9.17, 15) is 10.5 Å². The van der Waals surface area contributed by atoms with Gasteiger partial charge in [-0.1, -0.05) is 30.7 Å². The minimum Gasteiger partial charge on any atom is -0.197 e. The summed E-state index contributed by atoms with van der Waals surface area (Å²) in [6.45, 7) is 0. The molecule has 1 aromatic carbocycles. The van der Waals surface area contributed by atoms with Gasteiger partial charge in [0, 0.05) is 0 Å². The zero-order valence-electron chi connectivity index (χ0n) is 10.7. The average molecular weight is 246 g/mol. The van der Waals surface area contributed by atoms with Crippen molar-refractivity contribution in [1.29, 1.82) is 10.5 Å². The van der Waals surface area contributed by atoms with Gasteiger partial charge >= 0.3 is 0 Å². The molecular weight excluding hydrogens is 232 g/mol. The quantitative estimate of drug-likeness (QED) is 0.704. The molecule has 92 valence electrons. The summed E-state index contributed by atoms with van der Waals surface area (Å²) >= 11 is 0. The molecule has 19 heavy (non-hydrogen) atoms. The van der Waals surface area contributed by atoms with E-state index in [1.807, 2.05) is 6.08 Å². The molecular formula is C17H14N2. The maximum absolute atomic E-state index is 9.93. The van der Waals surface area contributed by atoms with E-state index in [1.54, 1.807) is 0 Å². The van der Waals surface area contributed by atoms with E-state index >= 15 is 0 Å². The van der Waals surface area contributed by atoms with E-state index in [1.165, 1.54) is 29.5 Å². The van der Waals surface area contributed by atoms with Crippen molar-refractivity contribution in [3.8, 4) is 12.1 Å². The molecule has 0 unspecified atom stereocenters. The molecule has 0 heterocycles. The summed E-state index contributed by atoms with van der Waals surface area (Å²) in [5, 5.41) is 19.4. The van der Waals surface area contributed by atoms with Crippen LogP contribution in [0.15, 0.2) is 29.8 Å². The smallest absolute Gasteiger partial charge is 0.121 e. The van der Waals surface area contributed by atoms with Crippen LogP contribution in [0.1, 0.15) is 41.9 Å². The van der Waals surface area contributed by atoms with Crippen molar-refractivity contribution >= 4 is 0 Å². The van der Waals surface area contributed by atoms with Crippen LogP contribution >= 0.6 is 0 Å². The number of allylic oxidation sites excluding steroid dienone is 2. The summed E-state index contributed by atoms with van der Waals surface area (Å²) < 4.78 is 0. The molecule has 2 heteroatoms. The van der Waals surface area contributed by atoms with Gasteiger partial charge in [-0.05, 0) is 47.8 Å². The van der Waals surface area contributed by atoms with Crippen LogP contribution in [-0.2, 0) is 11.8 Å². The Labute approximate surface area is 113 Å². The van der Waals surface area contributed by atoms with E-state index < -0.39 is 5.41 Å². The van der Waals surface area contributed by atoms with Crippen molar-refractivity contribution in [3.63, 3.8) is 0 Å². The Morgan fingerprint density at radius 2 is 2.11 bits per heavy atom. The van der Waals surface area contributed by atoms with Crippen LogP contribution in [-0.4, -0.2) is 0 Å². The summed E-state index contributed by atoms with van der Waals surface area (Å²) in [5.41, 5.74) is 3.85. The van der Waals surface area contributed by atoms with Gasteiger partial charge in [0.25, 0.3) is 0 Å². The monoisotopic (exact) mass is 246 g/mol. The highest BCUT2D eigenvalue weighted by Crippen LogP contribution is 2.62. The van der Waals surface area contributed by atoms with Crippen LogP contribution in [0.3, 0.4) is 0 Å². The van der Waals surface area contributed by atoms with Crippen LogP contribution < -0.4 is 0 Å². The fourth-order valence-corrected chi connectivity index (χ4v) is 4.66. The Kier molecular flexibility index (Phi) is 1.99. The second-order valence-electron chi connectivity index (χ2n) is 5.88. The third-order valence-corrected chi connectivity index (χ3v) is 5.30. The molecule has 4 rings (SSSR count). The first-order valence-electron chi connectivity index (χ1n) is 6.97. The van der Waals surface area contributed by atoms with Crippen molar-refractivity contribution in [2.45, 2.75) is 37.0 Å². The minimum atomic E-state index is -0.639. The van der Waals surface area contributed by atoms with E-state index in [0.717, 1.165) is 12.8 Å². The summed E-state index contributed by atoms with van der Waals surface area (Å²) in [7, 11) is 0. The Hall–Kier alpha value is -2.06. The van der Waals surface area contributed by atoms with Gasteiger partial charge in [0.1, 0.15) is 5.41 Å². The zero-order chi connectivity index (χ0) is 13.0. The first kappa shape index (κ1) is 10.8. The Bertz CT molecular complexity index is 686. The lowest BCUT2D eigenvalue weighted by atomic mass is 9.65. The van der Waals surface area contributed by atoms with Gasteiger partial charge in [-0.2, -0.15) is 10.5 Å². The number of rotatable bonds is 0. The van der Waals surface area contributed by atoms with Gasteiger partial charge in [-0.3, -0.25) is 0 Å². The maximum atomic E-state index is 9.93. The fraction of sp³-hybridized carbons (Fsp3) is 0.412. The lowest BCUT2D eigenvalue weighted by molar-refractivity contribution is 0.401. The molecule has 0 aliphatic heterocycles. The molecule has 0 N–H and O–H groups in total. The second-order valence-corrected chi connectivity index (χ2v) is 5.88. The number of hydrogen-bond acceptors (Lipinski definition) is 2. The molecule has 0 amide bonds. The highest BCUT2D eigenvalue weighted by Gasteiger charge is 2.58. The van der Waals surface area contributed by atoms with E-state index in [0.29, 0.717) is 17.4 Å². The van der Waals surface area contributed by atoms with Crippen LogP contribution in [0.4, 0.5) is 0 Å². The molecule has 1 fully saturated rings. The van der Waals surface area contributed by atoms with Gasteiger partial charge in [0.15, 0.2) is 0 Å². The van der Waals surface area contributed by atoms with E-state index in [-0.39, 0.29) is 0 Å². The third kappa shape index (κ3) is 1.06. The number of hydrogen-bond donors (Lipinski definition) is 0. The Morgan fingerprint density at radius 3 is 2.89 bits per heavy atom. The van der Waals surface area contributed by atoms with Crippen LogP contribution in [0.2, 0.25) is 0 Å². The molecule has 1 aromatic rings. The molecule has 2 nitrogen and oxygen atoms in total. The molecule has 0 saturated heterocycles. The van der Waals surface area contributed by atoms with Gasteiger partial charge in [0.05, 0.1) is 17.7 Å².